The van der Waals surface area contributed by atoms with Gasteiger partial charge in [-0.1, -0.05) is 12.1 Å². The molecule has 0 atom stereocenters. The van der Waals surface area contributed by atoms with Gasteiger partial charge in [-0.15, -0.1) is 0 Å². The Morgan fingerprint density at radius 2 is 1.83 bits per heavy atom. The van der Waals surface area contributed by atoms with Crippen molar-refractivity contribution in [3.63, 3.8) is 0 Å². The molecule has 0 saturated carbocycles. The number of nitrogens with one attached hydrogen (secondary N) is 2. The summed E-state index contributed by atoms with van der Waals surface area (Å²) in [5.74, 6) is -0.125. The van der Waals surface area contributed by atoms with Crippen LogP contribution < -0.4 is 10.2 Å². The number of aryl methyl sites for hydroxylation is 2. The quantitative estimate of drug-likeness (QED) is 0.765. The molecule has 0 bridgehead atoms. The molecule has 3 rings (SSSR count). The molecular weight excluding hydrogens is 286 g/mol. The van der Waals surface area contributed by atoms with Gasteiger partial charge in [0.05, 0.1) is 0 Å². The second-order valence-corrected chi connectivity index (χ2v) is 6.12. The van der Waals surface area contributed by atoms with Crippen LogP contribution in [0.3, 0.4) is 0 Å². The average molecular weight is 307 g/mol. The van der Waals surface area contributed by atoms with Crippen LogP contribution in [-0.2, 0) is 0 Å². The van der Waals surface area contributed by atoms with Gasteiger partial charge in [0.15, 0.2) is 0 Å². The van der Waals surface area contributed by atoms with Crippen LogP contribution in [0.4, 0.5) is 11.4 Å². The summed E-state index contributed by atoms with van der Waals surface area (Å²) in [5, 5.41) is 4.02. The van der Waals surface area contributed by atoms with Crippen molar-refractivity contribution in [2.75, 3.05) is 24.3 Å². The van der Waals surface area contributed by atoms with Gasteiger partial charge in [0.25, 0.3) is 5.91 Å². The number of amides is 1. The van der Waals surface area contributed by atoms with Crippen molar-refractivity contribution in [3.8, 4) is 0 Å². The van der Waals surface area contributed by atoms with Crippen molar-refractivity contribution < 1.29 is 4.79 Å². The van der Waals surface area contributed by atoms with E-state index >= 15 is 0 Å². The molecule has 0 aliphatic rings. The molecule has 1 amide bonds. The lowest BCUT2D eigenvalue weighted by Gasteiger charge is -2.15. The molecule has 3 aromatic rings. The fraction of sp³-hybridized carbons (Fsp3) is 0.211. The second-order valence-electron chi connectivity index (χ2n) is 6.12. The van der Waals surface area contributed by atoms with Gasteiger partial charge in [-0.2, -0.15) is 0 Å². The number of rotatable bonds is 3. The molecule has 0 radical (unpaired) electrons. The lowest BCUT2D eigenvalue weighted by Crippen LogP contribution is -2.14. The largest absolute Gasteiger partial charge is 0.378 e. The maximum absolute atomic E-state index is 12.5. The number of carbonyl (C=O) groups is 1. The third-order valence-corrected chi connectivity index (χ3v) is 4.00. The lowest BCUT2D eigenvalue weighted by molar-refractivity contribution is 0.102. The first-order valence-electron chi connectivity index (χ1n) is 7.63. The fourth-order valence-corrected chi connectivity index (χ4v) is 2.62. The van der Waals surface area contributed by atoms with Gasteiger partial charge in [0.1, 0.15) is 5.69 Å². The Morgan fingerprint density at radius 3 is 2.52 bits per heavy atom. The third kappa shape index (κ3) is 3.06. The van der Waals surface area contributed by atoms with Crippen LogP contribution in [0.15, 0.2) is 42.5 Å². The summed E-state index contributed by atoms with van der Waals surface area (Å²) in [5.41, 5.74) is 5.70. The second kappa shape index (κ2) is 5.80. The summed E-state index contributed by atoms with van der Waals surface area (Å²) in [6.07, 6.45) is 0. The Hall–Kier alpha value is -2.75. The van der Waals surface area contributed by atoms with E-state index in [2.05, 4.69) is 16.4 Å². The Labute approximate surface area is 136 Å². The molecule has 0 aliphatic heterocycles. The van der Waals surface area contributed by atoms with Crippen molar-refractivity contribution >= 4 is 28.2 Å². The predicted molar refractivity (Wildman–Crippen MR) is 96.5 cm³/mol. The zero-order valence-electron chi connectivity index (χ0n) is 13.9. The standard InChI is InChI=1S/C19H21N3O/c1-12-5-6-14-11-18(20-17(14)9-12)19(23)21-16-8-7-15(22(3)4)10-13(16)2/h5-11,20H,1-4H3,(H,21,23). The topological polar surface area (TPSA) is 48.1 Å². The highest BCUT2D eigenvalue weighted by atomic mass is 16.1. The monoisotopic (exact) mass is 307 g/mol. The van der Waals surface area contributed by atoms with E-state index in [1.807, 2.05) is 69.2 Å². The van der Waals surface area contributed by atoms with Crippen LogP contribution in [0.1, 0.15) is 21.6 Å². The van der Waals surface area contributed by atoms with Gasteiger partial charge in [-0.3, -0.25) is 4.79 Å². The first-order chi connectivity index (χ1) is 10.9. The highest BCUT2D eigenvalue weighted by Gasteiger charge is 2.11. The molecule has 23 heavy (non-hydrogen) atoms. The zero-order valence-corrected chi connectivity index (χ0v) is 13.9. The van der Waals surface area contributed by atoms with Gasteiger partial charge in [-0.05, 0) is 55.3 Å². The summed E-state index contributed by atoms with van der Waals surface area (Å²) in [6.45, 7) is 4.03. The Balaban J connectivity index is 1.85. The molecular formula is C19H21N3O. The van der Waals surface area contributed by atoms with Gasteiger partial charge in [0.2, 0.25) is 0 Å². The predicted octanol–water partition coefficient (Wildman–Crippen LogP) is 4.10. The van der Waals surface area contributed by atoms with E-state index in [0.29, 0.717) is 5.69 Å². The first kappa shape index (κ1) is 15.2. The van der Waals surface area contributed by atoms with Gasteiger partial charge < -0.3 is 15.2 Å². The molecule has 0 spiro atoms. The molecule has 0 saturated heterocycles. The zero-order chi connectivity index (χ0) is 16.6. The van der Waals surface area contributed by atoms with Crippen molar-refractivity contribution in [2.45, 2.75) is 13.8 Å². The van der Waals surface area contributed by atoms with Crippen molar-refractivity contribution in [3.05, 3.63) is 59.3 Å². The van der Waals surface area contributed by atoms with Crippen LogP contribution in [-0.4, -0.2) is 25.0 Å². The van der Waals surface area contributed by atoms with E-state index in [1.54, 1.807) is 0 Å². The molecule has 0 aliphatic carbocycles. The smallest absolute Gasteiger partial charge is 0.272 e. The lowest BCUT2D eigenvalue weighted by atomic mass is 10.1. The molecule has 1 aromatic heterocycles. The molecule has 2 N–H and O–H groups in total. The van der Waals surface area contributed by atoms with Crippen molar-refractivity contribution in [1.82, 2.24) is 4.98 Å². The van der Waals surface area contributed by atoms with E-state index in [1.165, 1.54) is 5.56 Å². The molecule has 1 heterocycles. The highest BCUT2D eigenvalue weighted by Crippen LogP contribution is 2.23. The number of H-pyrrole nitrogens is 1. The average Bonchev–Trinajstić information content (AvgIpc) is 2.92. The number of aromatic nitrogens is 1. The molecule has 0 unspecified atom stereocenters. The van der Waals surface area contributed by atoms with E-state index in [-0.39, 0.29) is 5.91 Å². The first-order valence-corrected chi connectivity index (χ1v) is 7.63. The maximum atomic E-state index is 12.5. The number of fused-ring (bicyclic) bond motifs is 1. The Morgan fingerprint density at radius 1 is 1.04 bits per heavy atom. The number of benzene rings is 2. The number of hydrogen-bond donors (Lipinski definition) is 2. The Bertz CT molecular complexity index is 877. The molecule has 4 heteroatoms. The number of nitrogens with zero attached hydrogens (tertiary/aromatic N) is 1. The maximum Gasteiger partial charge on any atom is 0.272 e. The van der Waals surface area contributed by atoms with Gasteiger partial charge in [-0.25, -0.2) is 0 Å². The van der Waals surface area contributed by atoms with E-state index in [0.717, 1.165) is 27.8 Å². The van der Waals surface area contributed by atoms with Crippen LogP contribution >= 0.6 is 0 Å². The molecule has 2 aromatic carbocycles. The minimum atomic E-state index is -0.125. The molecule has 118 valence electrons. The number of anilines is 2. The third-order valence-electron chi connectivity index (χ3n) is 4.00. The van der Waals surface area contributed by atoms with Gasteiger partial charge >= 0.3 is 0 Å². The summed E-state index contributed by atoms with van der Waals surface area (Å²) >= 11 is 0. The summed E-state index contributed by atoms with van der Waals surface area (Å²) in [6, 6.07) is 14.0. The number of carbonyl (C=O) groups excluding carboxylic acids is 1. The van der Waals surface area contributed by atoms with Gasteiger partial charge in [0, 0.05) is 36.4 Å². The minimum Gasteiger partial charge on any atom is -0.378 e. The van der Waals surface area contributed by atoms with Crippen LogP contribution in [0.2, 0.25) is 0 Å². The summed E-state index contributed by atoms with van der Waals surface area (Å²) in [7, 11) is 4.00. The number of hydrogen-bond acceptors (Lipinski definition) is 2. The minimum absolute atomic E-state index is 0.125. The Kier molecular flexibility index (Phi) is 3.82. The SMILES string of the molecule is Cc1ccc2cc(C(=O)Nc3ccc(N(C)C)cc3C)[nH]c2c1. The number of aromatic amines is 1. The van der Waals surface area contributed by atoms with E-state index in [4.69, 9.17) is 0 Å². The summed E-state index contributed by atoms with van der Waals surface area (Å²) in [4.78, 5) is 17.7. The van der Waals surface area contributed by atoms with Crippen LogP contribution in [0.5, 0.6) is 0 Å². The van der Waals surface area contributed by atoms with Crippen molar-refractivity contribution in [1.29, 1.82) is 0 Å². The van der Waals surface area contributed by atoms with E-state index in [9.17, 15) is 4.79 Å². The fourth-order valence-electron chi connectivity index (χ4n) is 2.62. The summed E-state index contributed by atoms with van der Waals surface area (Å²) < 4.78 is 0. The van der Waals surface area contributed by atoms with Crippen LogP contribution in [0, 0.1) is 13.8 Å². The van der Waals surface area contributed by atoms with Crippen molar-refractivity contribution in [2.24, 2.45) is 0 Å². The molecule has 4 nitrogen and oxygen atoms in total. The van der Waals surface area contributed by atoms with Crippen LogP contribution in [0.25, 0.3) is 10.9 Å². The molecule has 0 fully saturated rings. The normalized spacial score (nSPS) is 10.8. The highest BCUT2D eigenvalue weighted by molar-refractivity contribution is 6.06. The van der Waals surface area contributed by atoms with E-state index < -0.39 is 0 Å².